The highest BCUT2D eigenvalue weighted by atomic mass is 16.5. The van der Waals surface area contributed by atoms with Crippen molar-refractivity contribution in [3.63, 3.8) is 0 Å². The van der Waals surface area contributed by atoms with Gasteiger partial charge in [0.15, 0.2) is 0 Å². The lowest BCUT2D eigenvalue weighted by Crippen LogP contribution is -2.39. The largest absolute Gasteiger partial charge is 0.497 e. The summed E-state index contributed by atoms with van der Waals surface area (Å²) in [5.41, 5.74) is 0.705. The maximum Gasteiger partial charge on any atom is 0.260 e. The van der Waals surface area contributed by atoms with Crippen LogP contribution < -0.4 is 10.3 Å². The molecule has 0 radical (unpaired) electrons. The van der Waals surface area contributed by atoms with E-state index in [-0.39, 0.29) is 23.1 Å². The summed E-state index contributed by atoms with van der Waals surface area (Å²) in [6, 6.07) is 10.8. The first-order valence-electron chi connectivity index (χ1n) is 8.39. The van der Waals surface area contributed by atoms with Crippen molar-refractivity contribution < 1.29 is 14.3 Å². The summed E-state index contributed by atoms with van der Waals surface area (Å²) in [5.74, 6) is 0.444. The van der Waals surface area contributed by atoms with Crippen LogP contribution in [0.25, 0.3) is 0 Å². The van der Waals surface area contributed by atoms with E-state index in [1.165, 1.54) is 6.20 Å². The third kappa shape index (κ3) is 4.28. The highest BCUT2D eigenvalue weighted by Gasteiger charge is 2.25. The van der Waals surface area contributed by atoms with Crippen LogP contribution in [0.5, 0.6) is 5.75 Å². The van der Waals surface area contributed by atoms with Crippen molar-refractivity contribution in [1.29, 1.82) is 0 Å². The Balaban J connectivity index is 1.84. The lowest BCUT2D eigenvalue weighted by Gasteiger charge is -2.25. The van der Waals surface area contributed by atoms with Gasteiger partial charge in [0.1, 0.15) is 11.3 Å². The number of nitrogens with zero attached hydrogens (tertiary/aromatic N) is 1. The molecule has 132 valence electrons. The zero-order valence-electron chi connectivity index (χ0n) is 14.2. The third-order valence-corrected chi connectivity index (χ3v) is 4.29. The Morgan fingerprint density at radius 2 is 2.24 bits per heavy atom. The number of nitrogens with one attached hydrogen (secondary N) is 1. The topological polar surface area (TPSA) is 71.6 Å². The molecule has 1 aromatic heterocycles. The summed E-state index contributed by atoms with van der Waals surface area (Å²) >= 11 is 0. The molecule has 1 aliphatic rings. The number of hydrogen-bond acceptors (Lipinski definition) is 4. The van der Waals surface area contributed by atoms with E-state index in [0.717, 1.165) is 30.8 Å². The number of ether oxygens (including phenoxy) is 2. The van der Waals surface area contributed by atoms with Crippen molar-refractivity contribution in [3.8, 4) is 5.75 Å². The number of amides is 1. The molecule has 2 heterocycles. The minimum Gasteiger partial charge on any atom is -0.497 e. The fourth-order valence-electron chi connectivity index (χ4n) is 3.00. The summed E-state index contributed by atoms with van der Waals surface area (Å²) in [7, 11) is 1.61. The van der Waals surface area contributed by atoms with Crippen LogP contribution >= 0.6 is 0 Å². The molecule has 1 saturated heterocycles. The molecule has 6 nitrogen and oxygen atoms in total. The molecule has 0 saturated carbocycles. The number of carbonyl (C=O) groups is 1. The number of benzene rings is 1. The average Bonchev–Trinajstić information content (AvgIpc) is 3.14. The minimum absolute atomic E-state index is 0.0114. The fourth-order valence-corrected chi connectivity index (χ4v) is 3.00. The Bertz CT molecular complexity index is 781. The van der Waals surface area contributed by atoms with E-state index in [1.54, 1.807) is 24.1 Å². The van der Waals surface area contributed by atoms with Crippen molar-refractivity contribution >= 4 is 5.91 Å². The normalized spacial score (nSPS) is 16.6. The van der Waals surface area contributed by atoms with Gasteiger partial charge in [-0.3, -0.25) is 9.59 Å². The van der Waals surface area contributed by atoms with Gasteiger partial charge in [-0.05, 0) is 42.7 Å². The molecule has 1 amide bonds. The zero-order valence-corrected chi connectivity index (χ0v) is 14.2. The summed E-state index contributed by atoms with van der Waals surface area (Å²) in [6.07, 6.45) is 3.45. The van der Waals surface area contributed by atoms with E-state index in [9.17, 15) is 9.59 Å². The van der Waals surface area contributed by atoms with Crippen molar-refractivity contribution in [3.05, 3.63) is 64.1 Å². The van der Waals surface area contributed by atoms with Crippen molar-refractivity contribution in [2.75, 3.05) is 20.3 Å². The van der Waals surface area contributed by atoms with Gasteiger partial charge in [-0.25, -0.2) is 0 Å². The van der Waals surface area contributed by atoms with Gasteiger partial charge in [-0.1, -0.05) is 12.1 Å². The van der Waals surface area contributed by atoms with Crippen LogP contribution in [0.15, 0.2) is 47.4 Å². The molecule has 1 N–H and O–H groups in total. The Labute approximate surface area is 146 Å². The van der Waals surface area contributed by atoms with E-state index in [0.29, 0.717) is 13.1 Å². The van der Waals surface area contributed by atoms with E-state index in [2.05, 4.69) is 4.98 Å². The third-order valence-electron chi connectivity index (χ3n) is 4.29. The zero-order chi connectivity index (χ0) is 17.6. The summed E-state index contributed by atoms with van der Waals surface area (Å²) in [6.45, 7) is 1.58. The van der Waals surface area contributed by atoms with E-state index >= 15 is 0 Å². The van der Waals surface area contributed by atoms with Crippen LogP contribution in [0.2, 0.25) is 0 Å². The van der Waals surface area contributed by atoms with Gasteiger partial charge in [0, 0.05) is 25.9 Å². The SMILES string of the molecule is COc1cccc(CN(CC2CCCO2)C(=O)c2ccc[nH]c2=O)c1. The molecule has 25 heavy (non-hydrogen) atoms. The van der Waals surface area contributed by atoms with Gasteiger partial charge in [-0.2, -0.15) is 0 Å². The van der Waals surface area contributed by atoms with Gasteiger partial charge >= 0.3 is 0 Å². The summed E-state index contributed by atoms with van der Waals surface area (Å²) in [5, 5.41) is 0. The first kappa shape index (κ1) is 17.2. The van der Waals surface area contributed by atoms with Crippen LogP contribution in [-0.2, 0) is 11.3 Å². The minimum atomic E-state index is -0.379. The highest BCUT2D eigenvalue weighted by molar-refractivity contribution is 5.93. The Kier molecular flexibility index (Phi) is 5.50. The molecule has 0 spiro atoms. The molecular weight excluding hydrogens is 320 g/mol. The number of aromatic nitrogens is 1. The smallest absolute Gasteiger partial charge is 0.260 e. The maximum absolute atomic E-state index is 12.9. The number of carbonyl (C=O) groups excluding carboxylic acids is 1. The highest BCUT2D eigenvalue weighted by Crippen LogP contribution is 2.19. The number of methoxy groups -OCH3 is 1. The van der Waals surface area contributed by atoms with Crippen LogP contribution in [0.3, 0.4) is 0 Å². The molecule has 1 aromatic carbocycles. The van der Waals surface area contributed by atoms with Crippen molar-refractivity contribution in [2.45, 2.75) is 25.5 Å². The number of aromatic amines is 1. The predicted molar refractivity (Wildman–Crippen MR) is 93.8 cm³/mol. The average molecular weight is 342 g/mol. The van der Waals surface area contributed by atoms with Gasteiger partial charge in [0.2, 0.25) is 0 Å². The molecule has 0 bridgehead atoms. The van der Waals surface area contributed by atoms with Crippen molar-refractivity contribution in [2.24, 2.45) is 0 Å². The molecule has 3 rings (SSSR count). The van der Waals surface area contributed by atoms with Crippen molar-refractivity contribution in [1.82, 2.24) is 9.88 Å². The lowest BCUT2D eigenvalue weighted by molar-refractivity contribution is 0.0505. The molecule has 6 heteroatoms. The molecule has 2 aromatic rings. The molecule has 1 atom stereocenters. The van der Waals surface area contributed by atoms with Gasteiger partial charge < -0.3 is 19.4 Å². The van der Waals surface area contributed by atoms with Gasteiger partial charge in [0.05, 0.1) is 13.2 Å². The lowest BCUT2D eigenvalue weighted by atomic mass is 10.1. The summed E-state index contributed by atoms with van der Waals surface area (Å²) < 4.78 is 10.9. The molecule has 0 aliphatic carbocycles. The Hall–Kier alpha value is -2.60. The van der Waals surface area contributed by atoms with Gasteiger partial charge in [-0.15, -0.1) is 0 Å². The molecule has 1 fully saturated rings. The molecule has 1 aliphatic heterocycles. The molecular formula is C19H22N2O4. The number of H-pyrrole nitrogens is 1. The Morgan fingerprint density at radius 3 is 2.96 bits per heavy atom. The first-order valence-corrected chi connectivity index (χ1v) is 8.39. The quantitative estimate of drug-likeness (QED) is 0.874. The number of rotatable bonds is 6. The summed E-state index contributed by atoms with van der Waals surface area (Å²) in [4.78, 5) is 29.2. The molecule has 1 unspecified atom stereocenters. The van der Waals surface area contributed by atoms with Crippen LogP contribution in [0.1, 0.15) is 28.8 Å². The van der Waals surface area contributed by atoms with E-state index in [1.807, 2.05) is 24.3 Å². The Morgan fingerprint density at radius 1 is 1.36 bits per heavy atom. The van der Waals surface area contributed by atoms with Gasteiger partial charge in [0.25, 0.3) is 11.5 Å². The number of hydrogen-bond donors (Lipinski definition) is 1. The number of pyridine rings is 1. The van der Waals surface area contributed by atoms with E-state index in [4.69, 9.17) is 9.47 Å². The van der Waals surface area contributed by atoms with Crippen LogP contribution in [-0.4, -0.2) is 42.2 Å². The van der Waals surface area contributed by atoms with Crippen LogP contribution in [0, 0.1) is 0 Å². The second kappa shape index (κ2) is 7.98. The monoisotopic (exact) mass is 342 g/mol. The maximum atomic E-state index is 12.9. The first-order chi connectivity index (χ1) is 12.2. The second-order valence-electron chi connectivity index (χ2n) is 6.09. The van der Waals surface area contributed by atoms with E-state index < -0.39 is 0 Å². The van der Waals surface area contributed by atoms with Crippen LogP contribution in [0.4, 0.5) is 0 Å². The predicted octanol–water partition coefficient (Wildman–Crippen LogP) is 2.20. The standard InChI is InChI=1S/C19H22N2O4/c1-24-15-6-2-5-14(11-15)12-21(13-16-7-4-10-25-16)19(23)17-8-3-9-20-18(17)22/h2-3,5-6,8-9,11,16H,4,7,10,12-13H2,1H3,(H,20,22). The fraction of sp³-hybridized carbons (Fsp3) is 0.368. The second-order valence-corrected chi connectivity index (χ2v) is 6.09.